The molecule has 1 aliphatic heterocycles. The van der Waals surface area contributed by atoms with Gasteiger partial charge in [-0.05, 0) is 54.1 Å². The molecule has 1 N–H and O–H groups in total. The Bertz CT molecular complexity index is 1160. The second-order valence-corrected chi connectivity index (χ2v) is 8.51. The molecule has 3 aromatic rings. The quantitative estimate of drug-likeness (QED) is 0.486. The summed E-state index contributed by atoms with van der Waals surface area (Å²) in [7, 11) is 0. The van der Waals surface area contributed by atoms with Crippen molar-refractivity contribution in [1.29, 1.82) is 0 Å². The summed E-state index contributed by atoms with van der Waals surface area (Å²) in [6.07, 6.45) is 4.86. The predicted octanol–water partition coefficient (Wildman–Crippen LogP) is 3.79. The number of aromatic nitrogens is 1. The number of pyridine rings is 1. The summed E-state index contributed by atoms with van der Waals surface area (Å²) in [5.74, 6) is 0.316. The monoisotopic (exact) mass is 490 g/mol. The molecule has 4 rings (SSSR count). The molecule has 1 aliphatic rings. The Labute approximate surface area is 210 Å². The first-order valence-corrected chi connectivity index (χ1v) is 11.8. The highest BCUT2D eigenvalue weighted by Crippen LogP contribution is 2.20. The first-order valence-electron chi connectivity index (χ1n) is 11.4. The average molecular weight is 491 g/mol. The Morgan fingerprint density at radius 1 is 1.00 bits per heavy atom. The number of benzene rings is 2. The fourth-order valence-electron chi connectivity index (χ4n) is 3.71. The number of rotatable bonds is 8. The van der Waals surface area contributed by atoms with E-state index in [0.29, 0.717) is 24.7 Å². The smallest absolute Gasteiger partial charge is 0.244 e. The Morgan fingerprint density at radius 2 is 1.80 bits per heavy atom. The normalized spacial score (nSPS) is 13.6. The van der Waals surface area contributed by atoms with E-state index < -0.39 is 0 Å². The highest BCUT2D eigenvalue weighted by Gasteiger charge is 2.21. The van der Waals surface area contributed by atoms with E-state index in [9.17, 15) is 9.59 Å². The van der Waals surface area contributed by atoms with Crippen LogP contribution in [0.1, 0.15) is 11.3 Å². The fourth-order valence-corrected chi connectivity index (χ4v) is 3.89. The van der Waals surface area contributed by atoms with E-state index in [1.807, 2.05) is 66.7 Å². The van der Waals surface area contributed by atoms with E-state index >= 15 is 0 Å². The van der Waals surface area contributed by atoms with Crippen molar-refractivity contribution >= 4 is 35.2 Å². The van der Waals surface area contributed by atoms with Crippen LogP contribution in [0, 0.1) is 0 Å². The van der Waals surface area contributed by atoms with Gasteiger partial charge in [0.1, 0.15) is 12.4 Å². The van der Waals surface area contributed by atoms with Gasteiger partial charge in [-0.15, -0.1) is 0 Å². The summed E-state index contributed by atoms with van der Waals surface area (Å²) >= 11 is 6.08. The fraction of sp³-hybridized carbons (Fsp3) is 0.222. The van der Waals surface area contributed by atoms with Crippen LogP contribution in [0.3, 0.4) is 0 Å². The number of halogens is 1. The van der Waals surface area contributed by atoms with Gasteiger partial charge in [-0.25, -0.2) is 0 Å². The number of anilines is 1. The Morgan fingerprint density at radius 3 is 2.51 bits per heavy atom. The van der Waals surface area contributed by atoms with Crippen LogP contribution in [0.4, 0.5) is 5.69 Å². The van der Waals surface area contributed by atoms with Crippen molar-refractivity contribution in [3.8, 4) is 5.75 Å². The predicted molar refractivity (Wildman–Crippen MR) is 137 cm³/mol. The van der Waals surface area contributed by atoms with Crippen molar-refractivity contribution in [2.45, 2.75) is 6.61 Å². The molecule has 2 aromatic carbocycles. The number of carbonyl (C=O) groups is 2. The van der Waals surface area contributed by atoms with Crippen molar-refractivity contribution < 1.29 is 14.3 Å². The number of amides is 2. The number of hydrogen-bond donors (Lipinski definition) is 1. The number of nitrogens with one attached hydrogen (secondary N) is 1. The van der Waals surface area contributed by atoms with E-state index in [4.69, 9.17) is 16.3 Å². The lowest BCUT2D eigenvalue weighted by Gasteiger charge is -2.36. The lowest BCUT2D eigenvalue weighted by atomic mass is 10.2. The highest BCUT2D eigenvalue weighted by molar-refractivity contribution is 6.30. The van der Waals surface area contributed by atoms with Crippen molar-refractivity contribution in [2.24, 2.45) is 0 Å². The molecule has 2 amide bonds. The number of piperazine rings is 1. The first-order chi connectivity index (χ1) is 17.1. The van der Waals surface area contributed by atoms with Gasteiger partial charge in [0.05, 0.1) is 12.2 Å². The lowest BCUT2D eigenvalue weighted by Crippen LogP contribution is -2.51. The summed E-state index contributed by atoms with van der Waals surface area (Å²) in [5.41, 5.74) is 2.76. The molecular weight excluding hydrogens is 464 g/mol. The first kappa shape index (κ1) is 24.3. The van der Waals surface area contributed by atoms with Crippen LogP contribution in [0.25, 0.3) is 6.08 Å². The van der Waals surface area contributed by atoms with Gasteiger partial charge in [0.15, 0.2) is 0 Å². The average Bonchev–Trinajstić information content (AvgIpc) is 2.90. The standard InChI is InChI=1S/C27H27ClN4O3/c28-22-4-3-6-24(18-22)31-14-16-32(17-15-31)27(34)19-30-26(33)12-9-21-7-10-25(11-8-21)35-20-23-5-1-2-13-29-23/h1-13,18H,14-17,19-20H2,(H,30,33)/b12-9+. The van der Waals surface area contributed by atoms with Gasteiger partial charge in [0.2, 0.25) is 11.8 Å². The molecule has 7 nitrogen and oxygen atoms in total. The van der Waals surface area contributed by atoms with Crippen LogP contribution < -0.4 is 15.0 Å². The number of carbonyl (C=O) groups excluding carboxylic acids is 2. The zero-order chi connectivity index (χ0) is 24.5. The molecule has 8 heteroatoms. The van der Waals surface area contributed by atoms with Gasteiger partial charge in [-0.2, -0.15) is 0 Å². The third-order valence-corrected chi connectivity index (χ3v) is 5.87. The van der Waals surface area contributed by atoms with Gasteiger partial charge in [-0.3, -0.25) is 14.6 Å². The van der Waals surface area contributed by atoms with Crippen molar-refractivity contribution in [2.75, 3.05) is 37.6 Å². The van der Waals surface area contributed by atoms with Gasteiger partial charge >= 0.3 is 0 Å². The maximum atomic E-state index is 12.5. The zero-order valence-corrected chi connectivity index (χ0v) is 20.0. The van der Waals surface area contributed by atoms with E-state index in [2.05, 4.69) is 15.2 Å². The Hall–Kier alpha value is -3.84. The molecule has 1 aromatic heterocycles. The molecule has 2 heterocycles. The molecular formula is C27H27ClN4O3. The maximum Gasteiger partial charge on any atom is 0.244 e. The molecule has 1 saturated heterocycles. The molecule has 180 valence electrons. The minimum atomic E-state index is -0.314. The Balaban J connectivity index is 1.17. The summed E-state index contributed by atoms with van der Waals surface area (Å²) in [4.78, 5) is 32.9. The van der Waals surface area contributed by atoms with Gasteiger partial charge in [0, 0.05) is 49.2 Å². The van der Waals surface area contributed by atoms with E-state index in [1.165, 1.54) is 6.08 Å². The minimum absolute atomic E-state index is 0.0271. The molecule has 0 radical (unpaired) electrons. The molecule has 0 atom stereocenters. The summed E-state index contributed by atoms with van der Waals surface area (Å²) in [5, 5.41) is 3.37. The molecule has 35 heavy (non-hydrogen) atoms. The van der Waals surface area contributed by atoms with Crippen LogP contribution in [0.2, 0.25) is 5.02 Å². The maximum absolute atomic E-state index is 12.5. The van der Waals surface area contributed by atoms with E-state index in [0.717, 1.165) is 35.8 Å². The number of hydrogen-bond acceptors (Lipinski definition) is 5. The van der Waals surface area contributed by atoms with Crippen LogP contribution in [0.5, 0.6) is 5.75 Å². The second kappa shape index (κ2) is 12.0. The van der Waals surface area contributed by atoms with Gasteiger partial charge in [0.25, 0.3) is 0 Å². The van der Waals surface area contributed by atoms with Crippen LogP contribution in [-0.2, 0) is 16.2 Å². The van der Waals surface area contributed by atoms with Crippen LogP contribution in [-0.4, -0.2) is 54.4 Å². The number of ether oxygens (including phenoxy) is 1. The van der Waals surface area contributed by atoms with E-state index in [-0.39, 0.29) is 18.4 Å². The molecule has 1 fully saturated rings. The molecule has 0 bridgehead atoms. The molecule has 0 saturated carbocycles. The van der Waals surface area contributed by atoms with Gasteiger partial charge < -0.3 is 19.9 Å². The summed E-state index contributed by atoms with van der Waals surface area (Å²) in [6.45, 7) is 3.02. The highest BCUT2D eigenvalue weighted by atomic mass is 35.5. The van der Waals surface area contributed by atoms with Gasteiger partial charge in [-0.1, -0.05) is 35.9 Å². The minimum Gasteiger partial charge on any atom is -0.487 e. The van der Waals surface area contributed by atoms with Crippen LogP contribution in [0.15, 0.2) is 79.0 Å². The lowest BCUT2D eigenvalue weighted by molar-refractivity contribution is -0.132. The van der Waals surface area contributed by atoms with Crippen molar-refractivity contribution in [3.63, 3.8) is 0 Å². The Kier molecular flexibility index (Phi) is 8.35. The number of nitrogens with zero attached hydrogens (tertiary/aromatic N) is 3. The third-order valence-electron chi connectivity index (χ3n) is 5.64. The van der Waals surface area contributed by atoms with E-state index in [1.54, 1.807) is 17.2 Å². The van der Waals surface area contributed by atoms with Crippen LogP contribution >= 0.6 is 11.6 Å². The largest absolute Gasteiger partial charge is 0.487 e. The van der Waals surface area contributed by atoms with Crippen molar-refractivity contribution in [1.82, 2.24) is 15.2 Å². The topological polar surface area (TPSA) is 74.8 Å². The second-order valence-electron chi connectivity index (χ2n) is 8.08. The zero-order valence-electron chi connectivity index (χ0n) is 19.3. The molecule has 0 spiro atoms. The SMILES string of the molecule is O=C(/C=C/c1ccc(OCc2ccccn2)cc1)NCC(=O)N1CCN(c2cccc(Cl)c2)CC1. The third kappa shape index (κ3) is 7.32. The van der Waals surface area contributed by atoms with Crippen molar-refractivity contribution in [3.05, 3.63) is 95.3 Å². The summed E-state index contributed by atoms with van der Waals surface area (Å²) in [6, 6.07) is 20.8. The molecule has 0 unspecified atom stereocenters. The molecule has 0 aliphatic carbocycles. The summed E-state index contributed by atoms with van der Waals surface area (Å²) < 4.78 is 5.72.